The van der Waals surface area contributed by atoms with Crippen molar-refractivity contribution in [2.24, 2.45) is 14.1 Å². The normalized spacial score (nSPS) is 13.2. The number of aryl methyl sites for hydroxylation is 5. The number of tetrazole rings is 2. The molecule has 4 amide bonds. The Hall–Kier alpha value is -6.95. The highest BCUT2D eigenvalue weighted by Gasteiger charge is 2.32. The van der Waals surface area contributed by atoms with Crippen LogP contribution in [0.5, 0.6) is 0 Å². The number of hydrogen-bond donors (Lipinski definition) is 6. The molecule has 0 saturated carbocycles. The van der Waals surface area contributed by atoms with Crippen molar-refractivity contribution in [1.82, 2.24) is 60.8 Å². The van der Waals surface area contributed by atoms with Gasteiger partial charge in [0.1, 0.15) is 11.6 Å². The number of aliphatic hydroxyl groups excluding tert-OH is 2. The molecule has 400 valence electrons. The quantitative estimate of drug-likeness (QED) is 0.0333. The van der Waals surface area contributed by atoms with E-state index in [9.17, 15) is 41.8 Å². The van der Waals surface area contributed by atoms with Crippen molar-refractivity contribution in [2.45, 2.75) is 96.7 Å². The van der Waals surface area contributed by atoms with E-state index in [0.717, 1.165) is 65.9 Å². The molecule has 4 aromatic carbocycles. The third-order valence-corrected chi connectivity index (χ3v) is 11.9. The van der Waals surface area contributed by atoms with E-state index in [-0.39, 0.29) is 30.8 Å². The number of aliphatic hydroxyl groups is 2. The Morgan fingerprint density at radius 1 is 0.635 bits per heavy atom. The molecule has 0 saturated heterocycles. The molecule has 0 unspecified atom stereocenters. The Morgan fingerprint density at radius 2 is 1.12 bits per heavy atom. The number of amides is 4. The summed E-state index contributed by atoms with van der Waals surface area (Å²) < 4.78 is 68.5. The smallest absolute Gasteiger partial charge is 0.390 e. The number of benzene rings is 4. The van der Waals surface area contributed by atoms with Gasteiger partial charge in [-0.3, -0.25) is 4.90 Å². The highest BCUT2D eigenvalue weighted by atomic mass is 19.4. The van der Waals surface area contributed by atoms with Crippen molar-refractivity contribution in [1.29, 1.82) is 0 Å². The number of halogens is 5. The van der Waals surface area contributed by atoms with Gasteiger partial charge >= 0.3 is 18.2 Å². The van der Waals surface area contributed by atoms with Crippen LogP contribution in [-0.4, -0.2) is 142 Å². The molecule has 2 heterocycles. The second-order valence-corrected chi connectivity index (χ2v) is 18.1. The van der Waals surface area contributed by atoms with Gasteiger partial charge in [-0.15, -0.1) is 10.2 Å². The maximum atomic E-state index is 13.1. The van der Waals surface area contributed by atoms with Crippen LogP contribution in [0.2, 0.25) is 0 Å². The number of carbonyl (C=O) groups is 2. The zero-order chi connectivity index (χ0) is 53.8. The van der Waals surface area contributed by atoms with Crippen LogP contribution in [0.1, 0.15) is 63.6 Å². The molecule has 6 N–H and O–H groups in total. The molecule has 0 radical (unpaired) electrons. The van der Waals surface area contributed by atoms with Crippen LogP contribution in [0.3, 0.4) is 0 Å². The summed E-state index contributed by atoms with van der Waals surface area (Å²) in [6, 6.07) is 22.6. The van der Waals surface area contributed by atoms with E-state index in [1.54, 1.807) is 62.1 Å². The zero-order valence-corrected chi connectivity index (χ0v) is 42.5. The number of alkyl halides is 3. The first-order chi connectivity index (χ1) is 35.3. The standard InChI is InChI=1S/C27H38FN7O2.C24H29F4N7O2/c1-5-13-35(14-7-8-21-9-11-23(28)12-10-21)18-25(36)19(3)29-27(37)30-24-16-20(6-2)15-22(17-24)26-31-32-33-34(26)4;1-16(29-23(37)30-20-7-3-6-18(13-20)22-31-32-33-34(22)2)21(36)14-35(15-24(26,27)28)12-4-5-17-8-10-19(25)11-9-17/h9-12,15-17,19,25,36H,5-8,13-14,18H2,1-4H3,(H2,29,30,37);3,6-11,13,16,21,36H,4-5,12,14-15H2,1-2H3,(H2,29,30,37)/t19-,25+;16-,21+/m11/s1. The third kappa shape index (κ3) is 19.5. The molecule has 0 bridgehead atoms. The van der Waals surface area contributed by atoms with Crippen molar-refractivity contribution in [3.05, 3.63) is 119 Å². The van der Waals surface area contributed by atoms with Crippen LogP contribution < -0.4 is 21.3 Å². The van der Waals surface area contributed by atoms with Gasteiger partial charge in [0.2, 0.25) is 0 Å². The number of carbonyl (C=O) groups excluding carboxylic acids is 2. The van der Waals surface area contributed by atoms with Crippen LogP contribution >= 0.6 is 0 Å². The Morgan fingerprint density at radius 3 is 1.61 bits per heavy atom. The lowest BCUT2D eigenvalue weighted by Gasteiger charge is -2.29. The molecule has 6 aromatic rings. The predicted molar refractivity (Wildman–Crippen MR) is 272 cm³/mol. The van der Waals surface area contributed by atoms with Gasteiger partial charge in [0.05, 0.1) is 30.8 Å². The summed E-state index contributed by atoms with van der Waals surface area (Å²) in [4.78, 5) is 28.5. The predicted octanol–water partition coefficient (Wildman–Crippen LogP) is 7.18. The van der Waals surface area contributed by atoms with Crippen molar-refractivity contribution >= 4 is 23.4 Å². The lowest BCUT2D eigenvalue weighted by Crippen LogP contribution is -2.49. The van der Waals surface area contributed by atoms with E-state index in [1.807, 2.05) is 37.3 Å². The molecular weight excluding hydrogens is 968 g/mol. The topological polar surface area (TPSA) is 216 Å². The number of anilines is 2. The van der Waals surface area contributed by atoms with Gasteiger partial charge in [-0.05, 0) is 164 Å². The van der Waals surface area contributed by atoms with Crippen molar-refractivity contribution < 1.29 is 41.8 Å². The van der Waals surface area contributed by atoms with Gasteiger partial charge in [0, 0.05) is 49.7 Å². The fraction of sp³-hybridized carbons (Fsp3) is 0.451. The lowest BCUT2D eigenvalue weighted by molar-refractivity contribution is -0.149. The van der Waals surface area contributed by atoms with Crippen molar-refractivity contribution in [2.75, 3.05) is 49.9 Å². The molecule has 74 heavy (non-hydrogen) atoms. The summed E-state index contributed by atoms with van der Waals surface area (Å²) in [5.41, 5.74) is 5.49. The third-order valence-electron chi connectivity index (χ3n) is 11.9. The number of urea groups is 2. The maximum Gasteiger partial charge on any atom is 0.401 e. The molecule has 0 aliphatic heterocycles. The Labute approximate surface area is 427 Å². The van der Waals surface area contributed by atoms with E-state index in [4.69, 9.17) is 0 Å². The minimum Gasteiger partial charge on any atom is -0.390 e. The minimum absolute atomic E-state index is 0.0660. The molecule has 6 rings (SSSR count). The molecule has 4 atom stereocenters. The van der Waals surface area contributed by atoms with E-state index in [1.165, 1.54) is 35.9 Å². The summed E-state index contributed by atoms with van der Waals surface area (Å²) in [5, 5.41) is 55.2. The largest absolute Gasteiger partial charge is 0.401 e. The average molecular weight is 1040 g/mol. The Balaban J connectivity index is 0.000000274. The second-order valence-electron chi connectivity index (χ2n) is 18.1. The van der Waals surface area contributed by atoms with Crippen LogP contribution in [0, 0.1) is 11.6 Å². The van der Waals surface area contributed by atoms with Crippen LogP contribution in [-0.2, 0) is 33.4 Å². The first-order valence-electron chi connectivity index (χ1n) is 24.5. The van der Waals surface area contributed by atoms with Gasteiger partial charge < -0.3 is 36.4 Å². The summed E-state index contributed by atoms with van der Waals surface area (Å²) in [5.74, 6) is 0.493. The van der Waals surface area contributed by atoms with Crippen molar-refractivity contribution in [3.63, 3.8) is 0 Å². The number of nitrogens with one attached hydrogen (secondary N) is 4. The average Bonchev–Trinajstić information content (AvgIpc) is 3.99. The van der Waals surface area contributed by atoms with E-state index < -0.39 is 43.0 Å². The fourth-order valence-electron chi connectivity index (χ4n) is 7.98. The van der Waals surface area contributed by atoms with E-state index >= 15 is 0 Å². The molecule has 18 nitrogen and oxygen atoms in total. The van der Waals surface area contributed by atoms with Crippen LogP contribution in [0.4, 0.5) is 42.9 Å². The monoisotopic (exact) mass is 1030 g/mol. The minimum atomic E-state index is -4.45. The van der Waals surface area contributed by atoms with Crippen molar-refractivity contribution in [3.8, 4) is 22.8 Å². The first-order valence-corrected chi connectivity index (χ1v) is 24.5. The summed E-state index contributed by atoms with van der Waals surface area (Å²) in [6.07, 6.45) is -2.10. The van der Waals surface area contributed by atoms with Gasteiger partial charge in [-0.1, -0.05) is 50.2 Å². The number of rotatable bonds is 24. The van der Waals surface area contributed by atoms with Gasteiger partial charge in [0.15, 0.2) is 11.6 Å². The van der Waals surface area contributed by atoms with E-state index in [2.05, 4.69) is 64.1 Å². The molecule has 0 spiro atoms. The lowest BCUT2D eigenvalue weighted by atomic mass is 10.1. The summed E-state index contributed by atoms with van der Waals surface area (Å²) in [7, 11) is 3.44. The van der Waals surface area contributed by atoms with Gasteiger partial charge in [-0.2, -0.15) is 13.2 Å². The van der Waals surface area contributed by atoms with E-state index in [0.29, 0.717) is 48.0 Å². The van der Waals surface area contributed by atoms with Gasteiger partial charge in [-0.25, -0.2) is 27.7 Å². The highest BCUT2D eigenvalue weighted by molar-refractivity contribution is 5.91. The first kappa shape index (κ1) is 57.9. The summed E-state index contributed by atoms with van der Waals surface area (Å²) in [6.45, 7) is 8.14. The number of hydrogen-bond acceptors (Lipinski definition) is 12. The second kappa shape index (κ2) is 28.5. The molecule has 0 fully saturated rings. The molecular formula is C51H67F5N14O4. The number of nitrogens with zero attached hydrogens (tertiary/aromatic N) is 10. The summed E-state index contributed by atoms with van der Waals surface area (Å²) >= 11 is 0. The Bertz CT molecular complexity index is 2650. The highest BCUT2D eigenvalue weighted by Crippen LogP contribution is 2.24. The maximum absolute atomic E-state index is 13.1. The molecule has 0 aliphatic rings. The molecule has 2 aromatic heterocycles. The van der Waals surface area contributed by atoms with Crippen LogP contribution in [0.15, 0.2) is 91.0 Å². The SMILES string of the molecule is CCCN(CCCc1ccc(F)cc1)C[C@H](O)[C@@H](C)NC(=O)Nc1cc(CC)cc(-c2nnnn2C)c1.C[C@@H](NC(=O)Nc1cccc(-c2nnnn2C)c1)[C@@H](O)CN(CCCc1ccc(F)cc1)CC(F)(F)F. The molecule has 0 aliphatic carbocycles. The van der Waals surface area contributed by atoms with Crippen LogP contribution in [0.25, 0.3) is 22.8 Å². The zero-order valence-electron chi connectivity index (χ0n) is 42.5. The number of aromatic nitrogens is 8. The molecule has 23 heteroatoms. The fourth-order valence-corrected chi connectivity index (χ4v) is 7.98. The Kier molecular flexibility index (Phi) is 22.3. The van der Waals surface area contributed by atoms with Gasteiger partial charge in [0.25, 0.3) is 0 Å².